The Balaban J connectivity index is 1.52. The van der Waals surface area contributed by atoms with Crippen LogP contribution in [0.1, 0.15) is 39.0 Å². The lowest BCUT2D eigenvalue weighted by Gasteiger charge is -2.27. The van der Waals surface area contributed by atoms with Crippen LogP contribution in [0, 0.1) is 0 Å². The van der Waals surface area contributed by atoms with Gasteiger partial charge in [0.1, 0.15) is 11.4 Å². The molecule has 1 aromatic heterocycles. The molecule has 0 aliphatic heterocycles. The van der Waals surface area contributed by atoms with Crippen LogP contribution in [0.15, 0.2) is 42.5 Å². The molecule has 4 rings (SSSR count). The Morgan fingerprint density at radius 1 is 1.08 bits per heavy atom. The summed E-state index contributed by atoms with van der Waals surface area (Å²) in [5.74, 6) is 0.495. The molecule has 25 heavy (non-hydrogen) atoms. The van der Waals surface area contributed by atoms with E-state index in [4.69, 9.17) is 9.47 Å². The summed E-state index contributed by atoms with van der Waals surface area (Å²) in [7, 11) is 0. The highest BCUT2D eigenvalue weighted by Gasteiger charge is 2.35. The Bertz CT molecular complexity index is 906. The fourth-order valence-electron chi connectivity index (χ4n) is 3.79. The van der Waals surface area contributed by atoms with Crippen molar-refractivity contribution in [3.8, 4) is 5.75 Å². The number of benzene rings is 2. The number of rotatable bonds is 5. The first-order valence-electron chi connectivity index (χ1n) is 8.96. The van der Waals surface area contributed by atoms with Gasteiger partial charge < -0.3 is 9.47 Å². The second kappa shape index (κ2) is 6.68. The summed E-state index contributed by atoms with van der Waals surface area (Å²) in [5, 5.41) is 2.40. The number of carbonyl (C=O) groups is 1. The molecular weight excluding hydrogens is 332 g/mol. The van der Waals surface area contributed by atoms with Gasteiger partial charge in [0.05, 0.1) is 4.70 Å². The molecule has 3 nitrogen and oxygen atoms in total. The molecule has 0 N–H and O–H groups in total. The number of carbonyl (C=O) groups excluding carboxylic acids is 1. The topological polar surface area (TPSA) is 35.5 Å². The van der Waals surface area contributed by atoms with E-state index in [1.807, 2.05) is 24.3 Å². The molecule has 4 heteroatoms. The first-order valence-corrected chi connectivity index (χ1v) is 9.77. The van der Waals surface area contributed by atoms with Crippen molar-refractivity contribution in [3.05, 3.63) is 42.5 Å². The van der Waals surface area contributed by atoms with E-state index < -0.39 is 0 Å². The number of ether oxygens (including phenoxy) is 2. The molecule has 0 unspecified atom stereocenters. The van der Waals surface area contributed by atoms with Gasteiger partial charge in [0.2, 0.25) is 0 Å². The fourth-order valence-corrected chi connectivity index (χ4v) is 4.96. The van der Waals surface area contributed by atoms with Crippen LogP contribution in [-0.2, 0) is 9.53 Å². The summed E-state index contributed by atoms with van der Waals surface area (Å²) >= 11 is 1.70. The fraction of sp³-hybridized carbons (Fsp3) is 0.381. The van der Waals surface area contributed by atoms with Crippen molar-refractivity contribution >= 4 is 37.5 Å². The molecule has 1 aliphatic carbocycles. The van der Waals surface area contributed by atoms with Crippen LogP contribution < -0.4 is 4.74 Å². The van der Waals surface area contributed by atoms with E-state index in [2.05, 4.69) is 25.1 Å². The standard InChI is InChI=1S/C21H22O3S/c1-2-21(12-5-6-13-21)24-19(22)14-23-17-10-7-9-16-15-8-3-4-11-18(15)25-20(16)17/h3-4,7-11H,2,5-6,12-14H2,1H3. The molecule has 2 aromatic carbocycles. The van der Waals surface area contributed by atoms with Crippen molar-refractivity contribution in [2.75, 3.05) is 6.61 Å². The molecule has 0 amide bonds. The van der Waals surface area contributed by atoms with E-state index in [1.54, 1.807) is 11.3 Å². The minimum absolute atomic E-state index is 0.0326. The highest BCUT2D eigenvalue weighted by molar-refractivity contribution is 7.26. The van der Waals surface area contributed by atoms with Crippen LogP contribution in [0.25, 0.3) is 20.2 Å². The quantitative estimate of drug-likeness (QED) is 0.551. The smallest absolute Gasteiger partial charge is 0.344 e. The Morgan fingerprint density at radius 2 is 1.84 bits per heavy atom. The molecule has 0 atom stereocenters. The predicted molar refractivity (Wildman–Crippen MR) is 102 cm³/mol. The maximum Gasteiger partial charge on any atom is 0.344 e. The number of thiophene rings is 1. The van der Waals surface area contributed by atoms with E-state index in [0.717, 1.165) is 42.6 Å². The van der Waals surface area contributed by atoms with Crippen molar-refractivity contribution in [2.45, 2.75) is 44.6 Å². The zero-order chi connectivity index (χ0) is 17.3. The van der Waals surface area contributed by atoms with E-state index >= 15 is 0 Å². The van der Waals surface area contributed by atoms with Gasteiger partial charge in [-0.25, -0.2) is 4.79 Å². The van der Waals surface area contributed by atoms with Crippen LogP contribution in [-0.4, -0.2) is 18.2 Å². The maximum absolute atomic E-state index is 12.3. The maximum atomic E-state index is 12.3. The molecule has 3 aromatic rings. The van der Waals surface area contributed by atoms with Gasteiger partial charge in [-0.2, -0.15) is 0 Å². The van der Waals surface area contributed by atoms with Crippen LogP contribution in [0.3, 0.4) is 0 Å². The SMILES string of the molecule is CCC1(OC(=O)COc2cccc3c2sc2ccccc23)CCCC1. The largest absolute Gasteiger partial charge is 0.480 e. The second-order valence-electron chi connectivity index (χ2n) is 6.74. The lowest BCUT2D eigenvalue weighted by atomic mass is 9.99. The zero-order valence-electron chi connectivity index (χ0n) is 14.4. The van der Waals surface area contributed by atoms with Crippen molar-refractivity contribution in [1.29, 1.82) is 0 Å². The summed E-state index contributed by atoms with van der Waals surface area (Å²) in [6.07, 6.45) is 5.11. The number of fused-ring (bicyclic) bond motifs is 3. The molecule has 1 saturated carbocycles. The average molecular weight is 354 g/mol. The molecule has 0 spiro atoms. The van der Waals surface area contributed by atoms with E-state index in [-0.39, 0.29) is 18.2 Å². The highest BCUT2D eigenvalue weighted by atomic mass is 32.1. The molecule has 0 saturated heterocycles. The molecule has 130 valence electrons. The van der Waals surface area contributed by atoms with Gasteiger partial charge in [0.15, 0.2) is 6.61 Å². The van der Waals surface area contributed by atoms with E-state index in [9.17, 15) is 4.79 Å². The van der Waals surface area contributed by atoms with Crippen LogP contribution in [0.4, 0.5) is 0 Å². The summed E-state index contributed by atoms with van der Waals surface area (Å²) in [5.41, 5.74) is -0.260. The predicted octanol–water partition coefficient (Wildman–Crippen LogP) is 5.70. The Kier molecular flexibility index (Phi) is 4.38. The molecular formula is C21H22O3S. The molecule has 0 bridgehead atoms. The Hall–Kier alpha value is -2.07. The van der Waals surface area contributed by atoms with Gasteiger partial charge >= 0.3 is 5.97 Å². The van der Waals surface area contributed by atoms with Crippen LogP contribution in [0.5, 0.6) is 5.75 Å². The lowest BCUT2D eigenvalue weighted by molar-refractivity contribution is -0.162. The Labute approximate surface area is 151 Å². The molecule has 1 aliphatic rings. The number of esters is 1. The highest BCUT2D eigenvalue weighted by Crippen LogP contribution is 2.39. The van der Waals surface area contributed by atoms with E-state index in [0.29, 0.717) is 0 Å². The number of hydrogen-bond acceptors (Lipinski definition) is 4. The third-order valence-corrected chi connectivity index (χ3v) is 6.40. The Morgan fingerprint density at radius 3 is 2.64 bits per heavy atom. The second-order valence-corrected chi connectivity index (χ2v) is 7.79. The molecule has 1 heterocycles. The van der Waals surface area contributed by atoms with Crippen LogP contribution >= 0.6 is 11.3 Å². The van der Waals surface area contributed by atoms with Crippen molar-refractivity contribution in [1.82, 2.24) is 0 Å². The van der Waals surface area contributed by atoms with Gasteiger partial charge in [0, 0.05) is 15.5 Å². The lowest BCUT2D eigenvalue weighted by Crippen LogP contribution is -2.33. The summed E-state index contributed by atoms with van der Waals surface area (Å²) in [6.45, 7) is 2.06. The van der Waals surface area contributed by atoms with Crippen molar-refractivity contribution < 1.29 is 14.3 Å². The average Bonchev–Trinajstić information content (AvgIpc) is 3.25. The number of hydrogen-bond donors (Lipinski definition) is 0. The zero-order valence-corrected chi connectivity index (χ0v) is 15.2. The summed E-state index contributed by atoms with van der Waals surface area (Å²) in [4.78, 5) is 12.3. The van der Waals surface area contributed by atoms with Gasteiger partial charge in [-0.3, -0.25) is 0 Å². The van der Waals surface area contributed by atoms with Crippen molar-refractivity contribution in [3.63, 3.8) is 0 Å². The van der Waals surface area contributed by atoms with Crippen molar-refractivity contribution in [2.24, 2.45) is 0 Å². The third kappa shape index (κ3) is 3.11. The van der Waals surface area contributed by atoms with E-state index in [1.165, 1.54) is 15.5 Å². The normalized spacial score (nSPS) is 16.4. The van der Waals surface area contributed by atoms with Gasteiger partial charge in [0.25, 0.3) is 0 Å². The van der Waals surface area contributed by atoms with Crippen LogP contribution in [0.2, 0.25) is 0 Å². The minimum atomic E-state index is -0.262. The first-order chi connectivity index (χ1) is 12.2. The minimum Gasteiger partial charge on any atom is -0.480 e. The first kappa shape index (κ1) is 16.4. The van der Waals surface area contributed by atoms with Gasteiger partial charge in [-0.15, -0.1) is 11.3 Å². The summed E-state index contributed by atoms with van der Waals surface area (Å²) < 4.78 is 13.9. The monoisotopic (exact) mass is 354 g/mol. The molecule has 1 fully saturated rings. The molecule has 0 radical (unpaired) electrons. The third-order valence-electron chi connectivity index (χ3n) is 5.20. The summed E-state index contributed by atoms with van der Waals surface area (Å²) in [6, 6.07) is 14.3. The van der Waals surface area contributed by atoms with Gasteiger partial charge in [-0.1, -0.05) is 37.3 Å². The van der Waals surface area contributed by atoms with Gasteiger partial charge in [-0.05, 0) is 44.2 Å².